The van der Waals surface area contributed by atoms with Gasteiger partial charge in [-0.3, -0.25) is 4.79 Å². The smallest absolute Gasteiger partial charge is 0 e. The van der Waals surface area contributed by atoms with Crippen LogP contribution in [0.5, 0.6) is 0 Å². The number of aliphatic hydroxyl groups is 1. The number of nitrogens with zero attached hydrogens (tertiary/aromatic N) is 1. The van der Waals surface area contributed by atoms with Gasteiger partial charge in [0.25, 0.3) is 0 Å². The van der Waals surface area contributed by atoms with Gasteiger partial charge in [0, 0.05) is 38.0 Å². The van der Waals surface area contributed by atoms with Gasteiger partial charge in [-0.1, -0.05) is 27.7 Å². The zero-order valence-corrected chi connectivity index (χ0v) is 32.8. The molecule has 0 atom stereocenters. The van der Waals surface area contributed by atoms with Crippen LogP contribution in [0.4, 0.5) is 0 Å². The molecule has 3 nitrogen and oxygen atoms in total. The quantitative estimate of drug-likeness (QED) is 0.0708. The Morgan fingerprint density at radius 3 is 2.02 bits per heavy atom. The van der Waals surface area contributed by atoms with Crippen LogP contribution in [0.1, 0.15) is 118 Å². The van der Waals surface area contributed by atoms with Gasteiger partial charge in [0.05, 0.1) is 5.76 Å². The van der Waals surface area contributed by atoms with E-state index < -0.39 is 11.8 Å². The van der Waals surface area contributed by atoms with E-state index in [9.17, 15) is 9.90 Å². The number of rotatable bonds is 11. The molecular formula is C40H52IrNO2Se-. The SMILES string of the molecule is CCC(CC)C(=O)/C=C(\O)C(CC)CC.[2H]C(C)(C)c1cccc(C([2H])(C)C)c1-c1cc2cnc(-c3[c-]c(C)cc(C)c3)cc2[se]1.[Ir]. The molecule has 2 heterocycles. The first kappa shape index (κ1) is 35.6. The molecule has 0 spiro atoms. The van der Waals surface area contributed by atoms with E-state index in [1.54, 1.807) is 0 Å². The maximum absolute atomic E-state index is 11.7. The summed E-state index contributed by atoms with van der Waals surface area (Å²) >= 11 is 0.0905. The average Bonchev–Trinajstić information content (AvgIpc) is 3.40. The fourth-order valence-electron chi connectivity index (χ4n) is 5.67. The summed E-state index contributed by atoms with van der Waals surface area (Å²) in [6, 6.07) is 18.2. The molecule has 1 N–H and O–H groups in total. The molecule has 2 aromatic heterocycles. The molecule has 245 valence electrons. The monoisotopic (exact) mass is 853 g/mol. The fraction of sp³-hybridized carbons (Fsp3) is 0.450. The first-order valence-corrected chi connectivity index (χ1v) is 17.7. The predicted octanol–water partition coefficient (Wildman–Crippen LogP) is 11.2. The topological polar surface area (TPSA) is 50.2 Å². The van der Waals surface area contributed by atoms with Crippen LogP contribution in [0.3, 0.4) is 0 Å². The summed E-state index contributed by atoms with van der Waals surface area (Å²) in [6.45, 7) is 20.0. The third kappa shape index (κ3) is 10.1. The Morgan fingerprint density at radius 1 is 0.933 bits per heavy atom. The molecular weight excluding hydrogens is 798 g/mol. The second kappa shape index (κ2) is 18.2. The Labute approximate surface area is 294 Å². The van der Waals surface area contributed by atoms with Crippen molar-refractivity contribution < 1.29 is 32.7 Å². The van der Waals surface area contributed by atoms with Crippen molar-refractivity contribution in [3.63, 3.8) is 0 Å². The number of allylic oxidation sites excluding steroid dienone is 2. The van der Waals surface area contributed by atoms with Gasteiger partial charge < -0.3 is 5.11 Å². The summed E-state index contributed by atoms with van der Waals surface area (Å²) in [6.07, 6.45) is 6.87. The third-order valence-electron chi connectivity index (χ3n) is 8.30. The van der Waals surface area contributed by atoms with E-state index in [1.165, 1.54) is 20.3 Å². The number of fused-ring (bicyclic) bond motifs is 1. The average molecular weight is 852 g/mol. The minimum atomic E-state index is -0.736. The molecule has 0 saturated heterocycles. The number of aromatic nitrogens is 1. The van der Waals surface area contributed by atoms with Crippen molar-refractivity contribution in [2.75, 3.05) is 0 Å². The number of carbonyl (C=O) groups is 1. The molecule has 0 amide bonds. The van der Waals surface area contributed by atoms with Crippen molar-refractivity contribution in [3.8, 4) is 21.3 Å². The van der Waals surface area contributed by atoms with E-state index in [1.807, 2.05) is 79.8 Å². The number of ketones is 1. The van der Waals surface area contributed by atoms with E-state index in [2.05, 4.69) is 44.2 Å². The number of aryl methyl sites for hydroxylation is 2. The molecule has 4 aromatic rings. The number of hydrogen-bond acceptors (Lipinski definition) is 3. The van der Waals surface area contributed by atoms with Crippen LogP contribution in [0.15, 0.2) is 60.5 Å². The van der Waals surface area contributed by atoms with E-state index in [0.29, 0.717) is 0 Å². The molecule has 4 rings (SSSR count). The first-order chi connectivity index (χ1) is 21.5. The van der Waals surface area contributed by atoms with Crippen molar-refractivity contribution in [2.45, 2.75) is 107 Å². The number of carbonyl (C=O) groups excluding carboxylic acids is 1. The second-order valence-electron chi connectivity index (χ2n) is 12.2. The van der Waals surface area contributed by atoms with Gasteiger partial charge in [-0.15, -0.1) is 0 Å². The summed E-state index contributed by atoms with van der Waals surface area (Å²) in [5, 5.41) is 10.9. The van der Waals surface area contributed by atoms with Gasteiger partial charge in [-0.25, -0.2) is 0 Å². The van der Waals surface area contributed by atoms with Gasteiger partial charge in [0.15, 0.2) is 5.78 Å². The van der Waals surface area contributed by atoms with Gasteiger partial charge in [-0.2, -0.15) is 0 Å². The molecule has 45 heavy (non-hydrogen) atoms. The molecule has 5 heteroatoms. The molecule has 0 aliphatic carbocycles. The van der Waals surface area contributed by atoms with Crippen molar-refractivity contribution in [1.29, 1.82) is 0 Å². The Bertz CT molecular complexity index is 1620. The van der Waals surface area contributed by atoms with Crippen LogP contribution in [-0.2, 0) is 24.9 Å². The second-order valence-corrected chi connectivity index (χ2v) is 14.5. The van der Waals surface area contributed by atoms with Gasteiger partial charge >= 0.3 is 183 Å². The van der Waals surface area contributed by atoms with Crippen LogP contribution in [0.25, 0.3) is 30.9 Å². The normalized spacial score (nSPS) is 12.8. The Morgan fingerprint density at radius 2 is 1.51 bits per heavy atom. The Kier molecular flexibility index (Phi) is 14.3. The van der Waals surface area contributed by atoms with Crippen LogP contribution in [0.2, 0.25) is 0 Å². The summed E-state index contributed by atoms with van der Waals surface area (Å²) in [4.78, 5) is 16.4. The van der Waals surface area contributed by atoms with Gasteiger partial charge in [0.1, 0.15) is 0 Å². The van der Waals surface area contributed by atoms with Crippen LogP contribution >= 0.6 is 0 Å². The Hall–Kier alpha value is -2.29. The van der Waals surface area contributed by atoms with Gasteiger partial charge in [0.2, 0.25) is 0 Å². The molecule has 0 saturated carbocycles. The largest absolute Gasteiger partial charge is 0 e. The summed E-state index contributed by atoms with van der Waals surface area (Å²) in [5.74, 6) is -0.925. The fourth-order valence-corrected chi connectivity index (χ4v) is 8.07. The predicted molar refractivity (Wildman–Crippen MR) is 190 cm³/mol. The molecule has 0 fully saturated rings. The minimum absolute atomic E-state index is 0. The molecule has 0 bridgehead atoms. The van der Waals surface area contributed by atoms with E-state index in [0.717, 1.165) is 64.6 Å². The third-order valence-corrected chi connectivity index (χ3v) is 10.6. The maximum atomic E-state index is 11.7. The summed E-state index contributed by atoms with van der Waals surface area (Å²) in [7, 11) is 0. The Balaban J connectivity index is 0.000000410. The molecule has 0 aliphatic heterocycles. The first-order valence-electron chi connectivity index (χ1n) is 17.0. The van der Waals surface area contributed by atoms with Crippen molar-refractivity contribution in [1.82, 2.24) is 4.98 Å². The van der Waals surface area contributed by atoms with Crippen LogP contribution < -0.4 is 0 Å². The number of aliphatic hydroxyl groups excluding tert-OH is 1. The van der Waals surface area contributed by atoms with Crippen molar-refractivity contribution >= 4 is 29.9 Å². The number of pyridine rings is 1. The number of benzene rings is 2. The van der Waals surface area contributed by atoms with Crippen molar-refractivity contribution in [2.24, 2.45) is 11.8 Å². The molecule has 0 aliphatic rings. The molecule has 0 unspecified atom stereocenters. The minimum Gasteiger partial charge on any atom is 0 e. The van der Waals surface area contributed by atoms with E-state index in [-0.39, 0.29) is 58.0 Å². The van der Waals surface area contributed by atoms with E-state index in [4.69, 9.17) is 7.73 Å². The zero-order chi connectivity index (χ0) is 34.4. The standard InChI is InChI=1S/C27H28NSe.C13H24O2.Ir/c1-16(2)22-8-7-9-23(17(3)4)27(22)26-13-21-15-28-24(14-25(21)29-26)20-11-18(5)10-19(6)12-20;1-5-10(6-2)12(14)9-13(15)11(7-3)8-4;/h7-11,13-17H,1-6H3;9-11,14H,5-8H2,1-4H3;/q-1;;/b;12-9-;/i16D,17D;;. The van der Waals surface area contributed by atoms with Crippen molar-refractivity contribution in [3.05, 3.63) is 88.8 Å². The number of hydrogen-bond donors (Lipinski definition) is 1. The van der Waals surface area contributed by atoms with Gasteiger partial charge in [-0.05, 0) is 25.7 Å². The summed E-state index contributed by atoms with van der Waals surface area (Å²) in [5.41, 5.74) is 7.38. The van der Waals surface area contributed by atoms with Crippen LogP contribution in [0, 0.1) is 31.7 Å². The zero-order valence-electron chi connectivity index (χ0n) is 30.7. The van der Waals surface area contributed by atoms with Crippen LogP contribution in [-0.4, -0.2) is 30.4 Å². The maximum Gasteiger partial charge on any atom is 0 e. The summed E-state index contributed by atoms with van der Waals surface area (Å²) < 4.78 is 20.0. The molecule has 2 aromatic carbocycles. The molecule has 1 radical (unpaired) electrons. The van der Waals surface area contributed by atoms with E-state index >= 15 is 0 Å².